The molecule has 2 rings (SSSR count). The van der Waals surface area contributed by atoms with E-state index in [0.29, 0.717) is 17.2 Å². The van der Waals surface area contributed by atoms with Crippen LogP contribution in [0.3, 0.4) is 0 Å². The molecule has 1 aromatic heterocycles. The summed E-state index contributed by atoms with van der Waals surface area (Å²) in [5, 5.41) is 0. The normalized spacial score (nSPS) is 10.4. The minimum absolute atomic E-state index is 0.274. The minimum Gasteiger partial charge on any atom is -0.439 e. The number of hydrogen-bond donors (Lipinski definition) is 0. The number of hydrogen-bond acceptors (Lipinski definition) is 2. The maximum atomic E-state index is 13.4. The molecule has 0 radical (unpaired) electrons. The van der Waals surface area contributed by atoms with Crippen LogP contribution in [0, 0.1) is 12.7 Å². The smallest absolute Gasteiger partial charge is 0.223 e. The molecule has 0 spiro atoms. The number of aryl methyl sites for hydroxylation is 1. The number of halogens is 3. The number of aromatic nitrogens is 1. The molecule has 2 nitrogen and oxygen atoms in total. The molecule has 1 heterocycles. The van der Waals surface area contributed by atoms with Gasteiger partial charge >= 0.3 is 0 Å². The van der Waals surface area contributed by atoms with Crippen LogP contribution in [0.4, 0.5) is 4.39 Å². The van der Waals surface area contributed by atoms with Crippen molar-refractivity contribution in [3.05, 3.63) is 51.9 Å². The van der Waals surface area contributed by atoms with Gasteiger partial charge in [0.1, 0.15) is 11.6 Å². The molecule has 0 aliphatic carbocycles. The summed E-state index contributed by atoms with van der Waals surface area (Å²) >= 11 is 9.12. The third-order valence-electron chi connectivity index (χ3n) is 2.39. The average molecular weight is 331 g/mol. The largest absolute Gasteiger partial charge is 0.439 e. The molecule has 0 amide bonds. The van der Waals surface area contributed by atoms with Gasteiger partial charge in [0.05, 0.1) is 5.88 Å². The molecule has 0 saturated heterocycles. The number of alkyl halides is 1. The summed E-state index contributed by atoms with van der Waals surface area (Å²) in [5.41, 5.74) is 1.32. The van der Waals surface area contributed by atoms with Gasteiger partial charge in [0.2, 0.25) is 5.88 Å². The van der Waals surface area contributed by atoms with E-state index in [-0.39, 0.29) is 11.7 Å². The van der Waals surface area contributed by atoms with Crippen LogP contribution in [-0.2, 0) is 5.88 Å². The Balaban J connectivity index is 2.30. The molecule has 1 aromatic carbocycles. The van der Waals surface area contributed by atoms with Crippen LogP contribution >= 0.6 is 27.5 Å². The molecule has 0 N–H and O–H groups in total. The Bertz CT molecular complexity index is 577. The molecule has 0 unspecified atom stereocenters. The van der Waals surface area contributed by atoms with E-state index in [4.69, 9.17) is 16.3 Å². The summed E-state index contributed by atoms with van der Waals surface area (Å²) in [7, 11) is 0. The van der Waals surface area contributed by atoms with Gasteiger partial charge in [-0.05, 0) is 40.5 Å². The van der Waals surface area contributed by atoms with Crippen LogP contribution in [-0.4, -0.2) is 4.98 Å². The zero-order chi connectivity index (χ0) is 13.1. The first-order valence-corrected chi connectivity index (χ1v) is 6.57. The molecule has 0 fully saturated rings. The summed E-state index contributed by atoms with van der Waals surface area (Å²) in [6.07, 6.45) is 1.61. The topological polar surface area (TPSA) is 22.1 Å². The highest BCUT2D eigenvalue weighted by atomic mass is 79.9. The van der Waals surface area contributed by atoms with Crippen LogP contribution in [0.25, 0.3) is 0 Å². The second-order valence-electron chi connectivity index (χ2n) is 3.76. The highest BCUT2D eigenvalue weighted by Crippen LogP contribution is 2.27. The maximum Gasteiger partial charge on any atom is 0.223 e. The minimum atomic E-state index is -0.308. The van der Waals surface area contributed by atoms with Crippen molar-refractivity contribution < 1.29 is 9.13 Å². The number of nitrogens with zero attached hydrogens (tertiary/aromatic N) is 1. The molecule has 0 aliphatic heterocycles. The highest BCUT2D eigenvalue weighted by molar-refractivity contribution is 9.10. The van der Waals surface area contributed by atoms with Gasteiger partial charge in [-0.15, -0.1) is 11.6 Å². The lowest BCUT2D eigenvalue weighted by atomic mass is 10.2. The van der Waals surface area contributed by atoms with Gasteiger partial charge < -0.3 is 4.74 Å². The van der Waals surface area contributed by atoms with Crippen molar-refractivity contribution >= 4 is 27.5 Å². The quantitative estimate of drug-likeness (QED) is 0.753. The van der Waals surface area contributed by atoms with Gasteiger partial charge in [0, 0.05) is 22.3 Å². The van der Waals surface area contributed by atoms with Crippen LogP contribution in [0.2, 0.25) is 0 Å². The van der Waals surface area contributed by atoms with Crippen molar-refractivity contribution in [3.63, 3.8) is 0 Å². The third kappa shape index (κ3) is 3.00. The predicted molar refractivity (Wildman–Crippen MR) is 72.7 cm³/mol. The van der Waals surface area contributed by atoms with Gasteiger partial charge in [-0.25, -0.2) is 9.37 Å². The second kappa shape index (κ2) is 5.67. The van der Waals surface area contributed by atoms with Gasteiger partial charge in [-0.2, -0.15) is 0 Å². The van der Waals surface area contributed by atoms with E-state index in [1.54, 1.807) is 25.3 Å². The first-order valence-electron chi connectivity index (χ1n) is 5.24. The Morgan fingerprint density at radius 2 is 2.17 bits per heavy atom. The van der Waals surface area contributed by atoms with E-state index in [1.165, 1.54) is 6.07 Å². The Labute approximate surface area is 118 Å². The second-order valence-corrected chi connectivity index (χ2v) is 4.95. The summed E-state index contributed by atoms with van der Waals surface area (Å²) in [6, 6.07) is 6.50. The van der Waals surface area contributed by atoms with Gasteiger partial charge in [-0.1, -0.05) is 6.07 Å². The summed E-state index contributed by atoms with van der Waals surface area (Å²) in [5.74, 6) is 0.753. The van der Waals surface area contributed by atoms with E-state index >= 15 is 0 Å². The third-order valence-corrected chi connectivity index (χ3v) is 3.12. The van der Waals surface area contributed by atoms with Crippen molar-refractivity contribution in [3.8, 4) is 11.6 Å². The standard InChI is InChI=1S/C13H10BrClFNO/c1-8-2-3-11(5-12(8)16)18-13-9(6-15)4-10(14)7-17-13/h2-5,7H,6H2,1H3. The number of rotatable bonds is 3. The van der Waals surface area contributed by atoms with E-state index in [9.17, 15) is 4.39 Å². The van der Waals surface area contributed by atoms with Crippen LogP contribution in [0.5, 0.6) is 11.6 Å². The highest BCUT2D eigenvalue weighted by Gasteiger charge is 2.08. The van der Waals surface area contributed by atoms with E-state index in [0.717, 1.165) is 10.0 Å². The molecule has 0 aliphatic rings. The monoisotopic (exact) mass is 329 g/mol. The van der Waals surface area contributed by atoms with Crippen LogP contribution < -0.4 is 4.74 Å². The Hall–Kier alpha value is -1.13. The van der Waals surface area contributed by atoms with E-state index in [2.05, 4.69) is 20.9 Å². The zero-order valence-electron chi connectivity index (χ0n) is 9.58. The van der Waals surface area contributed by atoms with Crippen molar-refractivity contribution in [1.82, 2.24) is 4.98 Å². The Morgan fingerprint density at radius 3 is 2.83 bits per heavy atom. The van der Waals surface area contributed by atoms with Crippen molar-refractivity contribution in [1.29, 1.82) is 0 Å². The van der Waals surface area contributed by atoms with Crippen molar-refractivity contribution in [2.75, 3.05) is 0 Å². The van der Waals surface area contributed by atoms with Crippen molar-refractivity contribution in [2.24, 2.45) is 0 Å². The maximum absolute atomic E-state index is 13.4. The summed E-state index contributed by atoms with van der Waals surface area (Å²) in [6.45, 7) is 1.70. The molecule has 2 aromatic rings. The fraction of sp³-hybridized carbons (Fsp3) is 0.154. The molecule has 0 saturated carbocycles. The fourth-order valence-corrected chi connectivity index (χ4v) is 1.98. The van der Waals surface area contributed by atoms with Crippen LogP contribution in [0.15, 0.2) is 34.9 Å². The predicted octanol–water partition coefficient (Wildman–Crippen LogP) is 4.82. The molecule has 0 bridgehead atoms. The first kappa shape index (κ1) is 13.3. The zero-order valence-corrected chi connectivity index (χ0v) is 11.9. The van der Waals surface area contributed by atoms with Crippen LogP contribution in [0.1, 0.15) is 11.1 Å². The van der Waals surface area contributed by atoms with Gasteiger partial charge in [0.15, 0.2) is 0 Å². The first-order chi connectivity index (χ1) is 8.60. The Morgan fingerprint density at radius 1 is 1.39 bits per heavy atom. The number of pyridine rings is 1. The lowest BCUT2D eigenvalue weighted by Gasteiger charge is -2.09. The number of ether oxygens (including phenoxy) is 1. The van der Waals surface area contributed by atoms with Crippen molar-refractivity contribution in [2.45, 2.75) is 12.8 Å². The molecule has 94 valence electrons. The summed E-state index contributed by atoms with van der Waals surface area (Å²) in [4.78, 5) is 4.12. The molecular formula is C13H10BrClFNO. The number of benzene rings is 1. The van der Waals surface area contributed by atoms with E-state index in [1.807, 2.05) is 6.07 Å². The molecule has 5 heteroatoms. The lowest BCUT2D eigenvalue weighted by molar-refractivity contribution is 0.453. The Kier molecular flexibility index (Phi) is 4.19. The molecule has 0 atom stereocenters. The van der Waals surface area contributed by atoms with Gasteiger partial charge in [0.25, 0.3) is 0 Å². The molecule has 18 heavy (non-hydrogen) atoms. The lowest BCUT2D eigenvalue weighted by Crippen LogP contribution is -1.94. The molecular weight excluding hydrogens is 321 g/mol. The fourth-order valence-electron chi connectivity index (χ4n) is 1.40. The van der Waals surface area contributed by atoms with Gasteiger partial charge in [-0.3, -0.25) is 0 Å². The average Bonchev–Trinajstić information content (AvgIpc) is 2.36. The SMILES string of the molecule is Cc1ccc(Oc2ncc(Br)cc2CCl)cc1F. The van der Waals surface area contributed by atoms with E-state index < -0.39 is 0 Å². The summed E-state index contributed by atoms with van der Waals surface area (Å²) < 4.78 is 19.7.